The van der Waals surface area contributed by atoms with Gasteiger partial charge in [0.2, 0.25) is 0 Å². The quantitative estimate of drug-likeness (QED) is 0.274. The number of unbranched alkanes of at least 4 members (excludes halogenated alkanes) is 2. The van der Waals surface area contributed by atoms with Crippen molar-refractivity contribution in [2.45, 2.75) is 50.2 Å². The molecule has 0 atom stereocenters. The van der Waals surface area contributed by atoms with Gasteiger partial charge in [0, 0.05) is 21.8 Å². The molecule has 0 spiro atoms. The standard InChI is InChI=1S/C16H23Br3O2/c1-3-5-7-20-15-9-14(19)16(21-8-6-4-2)13(11-18)12(15)10-17/h9H,3-8,10-11H2,1-2H3. The normalized spacial score (nSPS) is 10.7. The Kier molecular flexibility index (Phi) is 10.0. The highest BCUT2D eigenvalue weighted by Crippen LogP contribution is 2.40. The molecule has 5 heteroatoms. The zero-order valence-corrected chi connectivity index (χ0v) is 17.4. The van der Waals surface area contributed by atoms with Gasteiger partial charge in [-0.05, 0) is 34.8 Å². The molecule has 120 valence electrons. The fraction of sp³-hybridized carbons (Fsp3) is 0.625. The highest BCUT2D eigenvalue weighted by atomic mass is 79.9. The molecule has 21 heavy (non-hydrogen) atoms. The van der Waals surface area contributed by atoms with E-state index in [0.29, 0.717) is 0 Å². The lowest BCUT2D eigenvalue weighted by molar-refractivity contribution is 0.295. The number of alkyl halides is 2. The number of ether oxygens (including phenoxy) is 2. The first kappa shape index (κ1) is 19.3. The Morgan fingerprint density at radius 1 is 0.905 bits per heavy atom. The Hall–Kier alpha value is 0.260. The van der Waals surface area contributed by atoms with Crippen molar-refractivity contribution in [1.29, 1.82) is 0 Å². The lowest BCUT2D eigenvalue weighted by Crippen LogP contribution is -2.06. The average Bonchev–Trinajstić information content (AvgIpc) is 2.49. The van der Waals surface area contributed by atoms with Gasteiger partial charge in [-0.15, -0.1) is 0 Å². The highest BCUT2D eigenvalue weighted by molar-refractivity contribution is 9.10. The summed E-state index contributed by atoms with van der Waals surface area (Å²) in [6, 6.07) is 2.03. The summed E-state index contributed by atoms with van der Waals surface area (Å²) in [6.45, 7) is 5.82. The second-order valence-electron chi connectivity index (χ2n) is 4.81. The van der Waals surface area contributed by atoms with E-state index in [2.05, 4.69) is 61.6 Å². The van der Waals surface area contributed by atoms with Crippen LogP contribution in [0, 0.1) is 0 Å². The zero-order chi connectivity index (χ0) is 15.7. The SMILES string of the molecule is CCCCOc1cc(Br)c(OCCCC)c(CBr)c1CBr. The van der Waals surface area contributed by atoms with Crippen molar-refractivity contribution in [2.75, 3.05) is 13.2 Å². The molecule has 2 nitrogen and oxygen atoms in total. The lowest BCUT2D eigenvalue weighted by Gasteiger charge is -2.19. The third-order valence-electron chi connectivity index (χ3n) is 3.18. The minimum Gasteiger partial charge on any atom is -0.493 e. The van der Waals surface area contributed by atoms with Crippen LogP contribution in [0.1, 0.15) is 50.7 Å². The summed E-state index contributed by atoms with van der Waals surface area (Å²) in [7, 11) is 0. The number of hydrogen-bond acceptors (Lipinski definition) is 2. The minimum atomic E-state index is 0.743. The minimum absolute atomic E-state index is 0.743. The number of hydrogen-bond donors (Lipinski definition) is 0. The van der Waals surface area contributed by atoms with Crippen LogP contribution in [0.4, 0.5) is 0 Å². The maximum absolute atomic E-state index is 5.97. The molecule has 0 saturated heterocycles. The van der Waals surface area contributed by atoms with E-state index >= 15 is 0 Å². The van der Waals surface area contributed by atoms with Crippen LogP contribution < -0.4 is 9.47 Å². The van der Waals surface area contributed by atoms with Crippen LogP contribution in [0.3, 0.4) is 0 Å². The van der Waals surface area contributed by atoms with Gasteiger partial charge in [-0.25, -0.2) is 0 Å². The Morgan fingerprint density at radius 2 is 1.48 bits per heavy atom. The molecule has 0 aliphatic carbocycles. The monoisotopic (exact) mass is 484 g/mol. The van der Waals surface area contributed by atoms with Crippen molar-refractivity contribution in [3.05, 3.63) is 21.7 Å². The van der Waals surface area contributed by atoms with E-state index in [9.17, 15) is 0 Å². The average molecular weight is 487 g/mol. The summed E-state index contributed by atoms with van der Waals surface area (Å²) in [5.41, 5.74) is 2.32. The third-order valence-corrected chi connectivity index (χ3v) is 4.89. The number of rotatable bonds is 10. The summed E-state index contributed by atoms with van der Waals surface area (Å²) in [5, 5.41) is 1.51. The Labute approximate surface area is 153 Å². The third kappa shape index (κ3) is 5.76. The van der Waals surface area contributed by atoms with E-state index in [-0.39, 0.29) is 0 Å². The van der Waals surface area contributed by atoms with Crippen LogP contribution in [0.5, 0.6) is 11.5 Å². The van der Waals surface area contributed by atoms with Crippen LogP contribution in [0.2, 0.25) is 0 Å². The second-order valence-corrected chi connectivity index (χ2v) is 6.79. The summed E-state index contributed by atoms with van der Waals surface area (Å²) >= 11 is 10.8. The molecular formula is C16H23Br3O2. The largest absolute Gasteiger partial charge is 0.493 e. The molecule has 0 aromatic heterocycles. The predicted molar refractivity (Wildman–Crippen MR) is 100 cm³/mol. The van der Waals surface area contributed by atoms with Gasteiger partial charge in [-0.2, -0.15) is 0 Å². The molecule has 1 rings (SSSR count). The second kappa shape index (κ2) is 10.9. The Morgan fingerprint density at radius 3 is 2.00 bits per heavy atom. The smallest absolute Gasteiger partial charge is 0.138 e. The van der Waals surface area contributed by atoms with Gasteiger partial charge in [0.25, 0.3) is 0 Å². The first-order chi connectivity index (χ1) is 10.2. The van der Waals surface area contributed by atoms with E-state index in [0.717, 1.165) is 76.7 Å². The van der Waals surface area contributed by atoms with Crippen molar-refractivity contribution in [3.8, 4) is 11.5 Å². The summed E-state index contributed by atoms with van der Waals surface area (Å²) in [4.78, 5) is 0. The molecule has 1 aromatic rings. The number of halogens is 3. The molecule has 0 aliphatic rings. The van der Waals surface area contributed by atoms with Gasteiger partial charge >= 0.3 is 0 Å². The van der Waals surface area contributed by atoms with Gasteiger partial charge in [0.1, 0.15) is 11.5 Å². The van der Waals surface area contributed by atoms with Crippen LogP contribution in [-0.2, 0) is 10.7 Å². The van der Waals surface area contributed by atoms with Crippen molar-refractivity contribution < 1.29 is 9.47 Å². The maximum Gasteiger partial charge on any atom is 0.138 e. The Balaban J connectivity index is 3.04. The van der Waals surface area contributed by atoms with Crippen LogP contribution >= 0.6 is 47.8 Å². The van der Waals surface area contributed by atoms with E-state index in [1.807, 2.05) is 6.07 Å². The molecule has 0 radical (unpaired) electrons. The van der Waals surface area contributed by atoms with Crippen molar-refractivity contribution >= 4 is 47.8 Å². The zero-order valence-electron chi connectivity index (χ0n) is 12.7. The number of benzene rings is 1. The van der Waals surface area contributed by atoms with Crippen LogP contribution in [-0.4, -0.2) is 13.2 Å². The predicted octanol–water partition coefficient (Wildman–Crippen LogP) is 6.60. The fourth-order valence-corrected chi connectivity index (χ4v) is 3.68. The molecular weight excluding hydrogens is 464 g/mol. The molecule has 0 bridgehead atoms. The van der Waals surface area contributed by atoms with Crippen molar-refractivity contribution in [3.63, 3.8) is 0 Å². The van der Waals surface area contributed by atoms with Gasteiger partial charge < -0.3 is 9.47 Å². The molecule has 0 aliphatic heterocycles. The molecule has 0 unspecified atom stereocenters. The fourth-order valence-electron chi connectivity index (χ4n) is 1.92. The van der Waals surface area contributed by atoms with Gasteiger partial charge in [-0.1, -0.05) is 58.5 Å². The van der Waals surface area contributed by atoms with Crippen molar-refractivity contribution in [2.24, 2.45) is 0 Å². The van der Waals surface area contributed by atoms with E-state index in [1.165, 1.54) is 0 Å². The highest BCUT2D eigenvalue weighted by Gasteiger charge is 2.18. The molecule has 0 amide bonds. The molecule has 1 aromatic carbocycles. The van der Waals surface area contributed by atoms with Gasteiger partial charge in [-0.3, -0.25) is 0 Å². The van der Waals surface area contributed by atoms with Crippen molar-refractivity contribution in [1.82, 2.24) is 0 Å². The molecule has 0 fully saturated rings. The first-order valence-electron chi connectivity index (χ1n) is 7.41. The van der Waals surface area contributed by atoms with E-state index in [4.69, 9.17) is 9.47 Å². The first-order valence-corrected chi connectivity index (χ1v) is 10.4. The maximum atomic E-state index is 5.97. The topological polar surface area (TPSA) is 18.5 Å². The summed E-state index contributed by atoms with van der Waals surface area (Å²) in [6.07, 6.45) is 4.39. The molecule has 0 saturated carbocycles. The summed E-state index contributed by atoms with van der Waals surface area (Å²) in [5.74, 6) is 1.86. The summed E-state index contributed by atoms with van der Waals surface area (Å²) < 4.78 is 12.9. The lowest BCUT2D eigenvalue weighted by atomic mass is 10.1. The van der Waals surface area contributed by atoms with E-state index < -0.39 is 0 Å². The van der Waals surface area contributed by atoms with Gasteiger partial charge in [0.15, 0.2) is 0 Å². The van der Waals surface area contributed by atoms with Crippen LogP contribution in [0.25, 0.3) is 0 Å². The Bertz CT molecular complexity index is 436. The van der Waals surface area contributed by atoms with Gasteiger partial charge in [0.05, 0.1) is 17.7 Å². The van der Waals surface area contributed by atoms with E-state index in [1.54, 1.807) is 0 Å². The van der Waals surface area contributed by atoms with Crippen LogP contribution in [0.15, 0.2) is 10.5 Å². The molecule has 0 N–H and O–H groups in total. The molecule has 0 heterocycles.